The van der Waals surface area contributed by atoms with Gasteiger partial charge in [-0.05, 0) is 0 Å². The highest BCUT2D eigenvalue weighted by Crippen LogP contribution is 2.27. The second kappa shape index (κ2) is 8.72. The normalized spacial score (nSPS) is 30.2. The first kappa shape index (κ1) is 20.8. The number of hydrogen-bond donors (Lipinski definition) is 5. The van der Waals surface area contributed by atoms with E-state index in [4.69, 9.17) is 20.5 Å². The van der Waals surface area contributed by atoms with Crippen molar-refractivity contribution in [1.82, 2.24) is 10.2 Å². The van der Waals surface area contributed by atoms with Crippen LogP contribution in [0.15, 0.2) is 5.11 Å². The molecule has 0 spiro atoms. The van der Waals surface area contributed by atoms with E-state index < -0.39 is 66.8 Å². The van der Waals surface area contributed by atoms with Crippen LogP contribution in [0.3, 0.4) is 0 Å². The lowest BCUT2D eigenvalue weighted by Gasteiger charge is -2.38. The van der Waals surface area contributed by atoms with Crippen LogP contribution in [0, 0.1) is 11.4 Å². The number of aliphatic carboxylic acids is 1. The van der Waals surface area contributed by atoms with E-state index in [1.165, 1.54) is 13.8 Å². The van der Waals surface area contributed by atoms with Gasteiger partial charge in [0.1, 0.15) is 22.9 Å². The molecule has 25 heavy (non-hydrogen) atoms. The number of carbonyl (C=O) groups excluding carboxylic acids is 2. The summed E-state index contributed by atoms with van der Waals surface area (Å²) in [6.07, 6.45) is -8.15. The molecule has 140 valence electrons. The fraction of sp³-hybridized carbons (Fsp3) is 0.769. The van der Waals surface area contributed by atoms with E-state index >= 15 is 0 Å². The molecule has 1 aliphatic rings. The van der Waals surface area contributed by atoms with Crippen LogP contribution < -0.4 is 10.2 Å². The quantitative estimate of drug-likeness (QED) is 0.260. The van der Waals surface area contributed by atoms with Crippen LogP contribution in [-0.2, 0) is 19.1 Å². The predicted octanol–water partition coefficient (Wildman–Crippen LogP) is -1.84. The summed E-state index contributed by atoms with van der Waals surface area (Å²) < 4.78 is 19.4. The number of aliphatic hydroxyl groups is 2. The molecule has 1 aliphatic heterocycles. The van der Waals surface area contributed by atoms with E-state index in [1.807, 2.05) is 0 Å². The highest BCUT2D eigenvalue weighted by Gasteiger charge is 2.55. The third-order valence-electron chi connectivity index (χ3n) is 3.65. The van der Waals surface area contributed by atoms with E-state index in [9.17, 15) is 23.9 Å². The number of rotatable bonds is 7. The lowest BCUT2D eigenvalue weighted by molar-refractivity contribution is -0.180. The van der Waals surface area contributed by atoms with E-state index in [0.29, 0.717) is 0 Å². The van der Waals surface area contributed by atoms with Gasteiger partial charge in [-0.2, -0.15) is 0 Å². The van der Waals surface area contributed by atoms with Gasteiger partial charge in [0.05, 0.1) is 12.6 Å². The Kier molecular flexibility index (Phi) is 7.24. The first-order chi connectivity index (χ1) is 11.6. The molecule has 1 rings (SSSR count). The van der Waals surface area contributed by atoms with Crippen molar-refractivity contribution in [2.24, 2.45) is 11.0 Å². The van der Waals surface area contributed by atoms with Crippen molar-refractivity contribution >= 4 is 17.7 Å². The summed E-state index contributed by atoms with van der Waals surface area (Å²) in [5.41, 5.74) is 6.77. The van der Waals surface area contributed by atoms with Crippen LogP contribution in [0.25, 0.3) is 0 Å². The average Bonchev–Trinajstić information content (AvgIpc) is 2.56. The fourth-order valence-electron chi connectivity index (χ4n) is 2.29. The Balaban J connectivity index is 3.32. The van der Waals surface area contributed by atoms with Crippen molar-refractivity contribution in [3.63, 3.8) is 0 Å². The summed E-state index contributed by atoms with van der Waals surface area (Å²) in [4.78, 5) is 38.0. The summed E-state index contributed by atoms with van der Waals surface area (Å²) in [5.74, 6) is -4.07. The van der Waals surface area contributed by atoms with Crippen LogP contribution >= 0.6 is 0 Å². The minimum Gasteiger partial charge on any atom is -0.479 e. The van der Waals surface area contributed by atoms with Gasteiger partial charge in [-0.15, -0.1) is 0 Å². The molecule has 1 unspecified atom stereocenters. The molecular formula is C13H20FN4O7+. The van der Waals surface area contributed by atoms with Crippen molar-refractivity contribution < 1.29 is 38.8 Å². The molecule has 0 aromatic rings. The van der Waals surface area contributed by atoms with Crippen LogP contribution in [0.2, 0.25) is 0 Å². The van der Waals surface area contributed by atoms with Crippen molar-refractivity contribution in [2.45, 2.75) is 50.4 Å². The van der Waals surface area contributed by atoms with Gasteiger partial charge in [-0.25, -0.2) is 9.18 Å². The summed E-state index contributed by atoms with van der Waals surface area (Å²) in [5, 5.41) is 33.1. The maximum absolute atomic E-state index is 14.5. The molecule has 0 aliphatic carbocycles. The summed E-state index contributed by atoms with van der Waals surface area (Å²) in [7, 11) is 0. The van der Waals surface area contributed by atoms with Crippen LogP contribution in [0.1, 0.15) is 13.8 Å². The van der Waals surface area contributed by atoms with E-state index in [-0.39, 0.29) is 0 Å². The highest BCUT2D eigenvalue weighted by atomic mass is 19.1. The van der Waals surface area contributed by atoms with Crippen LogP contribution in [0.4, 0.5) is 4.39 Å². The number of aliphatic hydroxyl groups excluding tert-OH is 2. The third kappa shape index (κ3) is 4.63. The molecule has 1 amide bonds. The average molecular weight is 363 g/mol. The molecule has 12 heteroatoms. The topological polar surface area (TPSA) is 183 Å². The van der Waals surface area contributed by atoms with Gasteiger partial charge in [-0.1, -0.05) is 13.8 Å². The van der Waals surface area contributed by atoms with Gasteiger partial charge in [0.25, 0.3) is 0 Å². The number of Topliss-reactive ketones (excluding diaryl/α,β-unsaturated/α-hetero) is 1. The number of halogens is 1. The maximum Gasteiger partial charge on any atom is 0.336 e. The molecule has 1 fully saturated rings. The number of ketones is 1. The molecule has 6 atom stereocenters. The first-order valence-corrected chi connectivity index (χ1v) is 7.37. The molecule has 5 N–H and O–H groups in total. The minimum atomic E-state index is -2.31. The highest BCUT2D eigenvalue weighted by molar-refractivity contribution is 5.90. The minimum absolute atomic E-state index is 0.567. The maximum atomic E-state index is 14.5. The lowest BCUT2D eigenvalue weighted by Crippen LogP contribution is -2.66. The predicted molar refractivity (Wildman–Crippen MR) is 77.1 cm³/mol. The smallest absolute Gasteiger partial charge is 0.336 e. The zero-order chi connectivity index (χ0) is 19.3. The Labute approximate surface area is 141 Å². The molecule has 1 heterocycles. The number of alkyl halides is 1. The van der Waals surface area contributed by atoms with Gasteiger partial charge in [-0.3, -0.25) is 9.59 Å². The zero-order valence-electron chi connectivity index (χ0n) is 13.5. The fourth-order valence-corrected chi connectivity index (χ4v) is 2.29. The molecule has 0 bridgehead atoms. The second-order valence-electron chi connectivity index (χ2n) is 5.76. The van der Waals surface area contributed by atoms with Crippen molar-refractivity contribution in [2.75, 3.05) is 6.61 Å². The third-order valence-corrected chi connectivity index (χ3v) is 3.65. The molecule has 0 radical (unpaired) electrons. The molecule has 1 saturated heterocycles. The largest absolute Gasteiger partial charge is 0.479 e. The summed E-state index contributed by atoms with van der Waals surface area (Å²) in [6.45, 7) is 2.06. The first-order valence-electron chi connectivity index (χ1n) is 7.37. The van der Waals surface area contributed by atoms with E-state index in [2.05, 4.69) is 15.3 Å². The Morgan fingerprint density at radius 1 is 1.36 bits per heavy atom. The summed E-state index contributed by atoms with van der Waals surface area (Å²) in [6, 6.07) is -3.21. The molecule has 11 nitrogen and oxygen atoms in total. The van der Waals surface area contributed by atoms with Gasteiger partial charge in [0.15, 0.2) is 24.1 Å². The number of ether oxygens (including phenoxy) is 1. The SMILES string of the molecule is CC(C)C(=O)N[C@H]1C(C(=O)[C@@H](O)CO)O[C@H](C(=O)O)[C@@H](F)[C@@H]1N=[N+]=N. The van der Waals surface area contributed by atoms with Crippen LogP contribution in [0.5, 0.6) is 0 Å². The van der Waals surface area contributed by atoms with Gasteiger partial charge in [0.2, 0.25) is 10.8 Å². The molecule has 0 aromatic carbocycles. The number of carboxylic acid groups (broad SMARTS) is 1. The Morgan fingerprint density at radius 2 is 1.96 bits per heavy atom. The van der Waals surface area contributed by atoms with Gasteiger partial charge >= 0.3 is 5.97 Å². The summed E-state index contributed by atoms with van der Waals surface area (Å²) >= 11 is 0. The van der Waals surface area contributed by atoms with Gasteiger partial charge < -0.3 is 25.4 Å². The number of nitrogens with one attached hydrogen (secondary N) is 2. The molecule has 0 aromatic heterocycles. The number of carbonyl (C=O) groups is 3. The van der Waals surface area contributed by atoms with Crippen molar-refractivity contribution in [3.8, 4) is 0 Å². The number of hydrogen-bond acceptors (Lipinski definition) is 8. The Hall–Kier alpha value is -2.27. The molecule has 0 saturated carbocycles. The lowest BCUT2D eigenvalue weighted by atomic mass is 9.88. The monoisotopic (exact) mass is 363 g/mol. The van der Waals surface area contributed by atoms with Crippen molar-refractivity contribution in [1.29, 1.82) is 5.53 Å². The van der Waals surface area contributed by atoms with E-state index in [1.54, 1.807) is 0 Å². The number of amides is 1. The number of carboxylic acids is 1. The van der Waals surface area contributed by atoms with Gasteiger partial charge in [0, 0.05) is 5.92 Å². The number of nitrogens with zero attached hydrogens (tertiary/aromatic N) is 2. The Bertz CT molecular complexity index is 581. The van der Waals surface area contributed by atoms with Crippen molar-refractivity contribution in [3.05, 3.63) is 0 Å². The Morgan fingerprint density at radius 3 is 2.40 bits per heavy atom. The van der Waals surface area contributed by atoms with Crippen LogP contribution in [-0.4, -0.2) is 76.2 Å². The van der Waals surface area contributed by atoms with E-state index in [0.717, 1.165) is 0 Å². The second-order valence-corrected chi connectivity index (χ2v) is 5.76. The standard InChI is InChI=1S/C13H19FN4O7/c1-4(2)12(22)16-8-7(17-18-15)6(14)10(13(23)24)25-11(8)9(21)5(20)3-19/h4-8,10-11,15,19-20H,3H2,1-2H3,(H-,16,22,23,24)/p+1/t5-,6-,7-,8+,10-,11?/m0/s1. The zero-order valence-corrected chi connectivity index (χ0v) is 13.5. The molecular weight excluding hydrogens is 343 g/mol.